The van der Waals surface area contributed by atoms with Crippen LogP contribution in [-0.2, 0) is 4.79 Å². The first-order valence-electron chi connectivity index (χ1n) is 5.90. The van der Waals surface area contributed by atoms with Crippen LogP contribution in [0, 0.1) is 11.8 Å². The largest absolute Gasteiger partial charge is 0.507 e. The number of amides is 1. The van der Waals surface area contributed by atoms with Gasteiger partial charge in [-0.1, -0.05) is 18.5 Å². The molecule has 1 fully saturated rings. The molecule has 1 unspecified atom stereocenters. The van der Waals surface area contributed by atoms with Crippen LogP contribution in [0.5, 0.6) is 5.75 Å². The average Bonchev–Trinajstić information content (AvgIpc) is 2.26. The Labute approximate surface area is 115 Å². The number of carbonyl (C=O) groups is 2. The lowest BCUT2D eigenvalue weighted by Crippen LogP contribution is -2.53. The van der Waals surface area contributed by atoms with Crippen LogP contribution in [0.25, 0.3) is 0 Å². The Kier molecular flexibility index (Phi) is 3.66. The standard InChI is InChI=1S/C13H14ClNO4/c1-7(13(18)19)8-5-15(6-8)12(17)10-3-2-9(14)4-11(10)16/h2-4,7-8,16H,5-6H2,1H3,(H,18,19). The van der Waals surface area contributed by atoms with Crippen LogP contribution in [0.1, 0.15) is 17.3 Å². The summed E-state index contributed by atoms with van der Waals surface area (Å²) in [5.74, 6) is -1.82. The fourth-order valence-corrected chi connectivity index (χ4v) is 2.22. The van der Waals surface area contributed by atoms with E-state index in [2.05, 4.69) is 0 Å². The number of likely N-dealkylation sites (tertiary alicyclic amines) is 1. The molecule has 1 aromatic carbocycles. The molecular weight excluding hydrogens is 270 g/mol. The van der Waals surface area contributed by atoms with Crippen LogP contribution < -0.4 is 0 Å². The predicted octanol–water partition coefficient (Wildman–Crippen LogP) is 1.84. The molecule has 2 N–H and O–H groups in total. The van der Waals surface area contributed by atoms with Gasteiger partial charge in [-0.3, -0.25) is 9.59 Å². The maximum atomic E-state index is 12.1. The number of hydrogen-bond acceptors (Lipinski definition) is 3. The zero-order valence-corrected chi connectivity index (χ0v) is 11.1. The van der Waals surface area contributed by atoms with Gasteiger partial charge in [0.25, 0.3) is 5.91 Å². The van der Waals surface area contributed by atoms with Crippen molar-refractivity contribution in [3.05, 3.63) is 28.8 Å². The van der Waals surface area contributed by atoms with Crippen molar-refractivity contribution in [1.29, 1.82) is 0 Å². The Morgan fingerprint density at radius 1 is 1.42 bits per heavy atom. The molecule has 0 radical (unpaired) electrons. The van der Waals surface area contributed by atoms with Crippen molar-refractivity contribution in [3.63, 3.8) is 0 Å². The normalized spacial score (nSPS) is 16.8. The third-order valence-corrected chi connectivity index (χ3v) is 3.72. The molecule has 0 bridgehead atoms. The molecule has 6 heteroatoms. The topological polar surface area (TPSA) is 77.8 Å². The van der Waals surface area contributed by atoms with E-state index in [1.54, 1.807) is 6.92 Å². The number of carboxylic acid groups (broad SMARTS) is 1. The van der Waals surface area contributed by atoms with E-state index in [4.69, 9.17) is 16.7 Å². The molecule has 0 aromatic heterocycles. The summed E-state index contributed by atoms with van der Waals surface area (Å²) in [7, 11) is 0. The molecule has 0 spiro atoms. The number of halogens is 1. The molecule has 1 heterocycles. The number of benzene rings is 1. The summed E-state index contributed by atoms with van der Waals surface area (Å²) in [4.78, 5) is 24.4. The lowest BCUT2D eigenvalue weighted by molar-refractivity contribution is -0.144. The fourth-order valence-electron chi connectivity index (χ4n) is 2.05. The van der Waals surface area contributed by atoms with Gasteiger partial charge in [0.15, 0.2) is 0 Å². The van der Waals surface area contributed by atoms with Gasteiger partial charge in [-0.05, 0) is 18.2 Å². The zero-order valence-electron chi connectivity index (χ0n) is 10.3. The van der Waals surface area contributed by atoms with Crippen LogP contribution in [0.4, 0.5) is 0 Å². The molecule has 5 nitrogen and oxygen atoms in total. The van der Waals surface area contributed by atoms with Gasteiger partial charge in [0.1, 0.15) is 5.75 Å². The van der Waals surface area contributed by atoms with Crippen molar-refractivity contribution in [2.75, 3.05) is 13.1 Å². The van der Waals surface area contributed by atoms with Crippen molar-refractivity contribution in [2.24, 2.45) is 11.8 Å². The van der Waals surface area contributed by atoms with Gasteiger partial charge in [-0.15, -0.1) is 0 Å². The van der Waals surface area contributed by atoms with Gasteiger partial charge in [0.2, 0.25) is 0 Å². The number of carbonyl (C=O) groups excluding carboxylic acids is 1. The van der Waals surface area contributed by atoms with Gasteiger partial charge >= 0.3 is 5.97 Å². The molecule has 102 valence electrons. The summed E-state index contributed by atoms with van der Waals surface area (Å²) in [6.45, 7) is 2.43. The third-order valence-electron chi connectivity index (χ3n) is 3.48. The second-order valence-electron chi connectivity index (χ2n) is 4.76. The first-order valence-corrected chi connectivity index (χ1v) is 6.28. The first-order chi connectivity index (χ1) is 8.90. The van der Waals surface area contributed by atoms with E-state index in [1.807, 2.05) is 0 Å². The number of nitrogens with zero attached hydrogens (tertiary/aromatic N) is 1. The predicted molar refractivity (Wildman–Crippen MR) is 69.3 cm³/mol. The number of phenolic OH excluding ortho intramolecular Hbond substituents is 1. The van der Waals surface area contributed by atoms with Crippen molar-refractivity contribution >= 4 is 23.5 Å². The molecular formula is C13H14ClNO4. The van der Waals surface area contributed by atoms with E-state index in [0.717, 1.165) is 0 Å². The van der Waals surface area contributed by atoms with E-state index < -0.39 is 11.9 Å². The Balaban J connectivity index is 2.02. The highest BCUT2D eigenvalue weighted by atomic mass is 35.5. The Bertz CT molecular complexity index is 525. The van der Waals surface area contributed by atoms with E-state index in [-0.39, 0.29) is 23.1 Å². The van der Waals surface area contributed by atoms with Crippen molar-refractivity contribution in [1.82, 2.24) is 4.90 Å². The number of rotatable bonds is 3. The number of carboxylic acids is 1. The van der Waals surface area contributed by atoms with Crippen LogP contribution in [0.3, 0.4) is 0 Å². The maximum Gasteiger partial charge on any atom is 0.306 e. The monoisotopic (exact) mass is 283 g/mol. The number of hydrogen-bond donors (Lipinski definition) is 2. The maximum absolute atomic E-state index is 12.1. The van der Waals surface area contributed by atoms with Gasteiger partial charge < -0.3 is 15.1 Å². The molecule has 1 saturated heterocycles. The Hall–Kier alpha value is -1.75. The van der Waals surface area contributed by atoms with Gasteiger partial charge in [-0.25, -0.2) is 0 Å². The molecule has 1 aromatic rings. The minimum atomic E-state index is -0.855. The molecule has 0 aliphatic carbocycles. The molecule has 2 rings (SSSR count). The molecule has 1 aliphatic rings. The lowest BCUT2D eigenvalue weighted by atomic mass is 9.86. The highest BCUT2D eigenvalue weighted by Gasteiger charge is 2.37. The Morgan fingerprint density at radius 2 is 2.05 bits per heavy atom. The van der Waals surface area contributed by atoms with E-state index >= 15 is 0 Å². The van der Waals surface area contributed by atoms with Crippen LogP contribution in [0.2, 0.25) is 5.02 Å². The number of aliphatic carboxylic acids is 1. The number of phenols is 1. The molecule has 1 amide bonds. The van der Waals surface area contributed by atoms with Crippen LogP contribution in [0.15, 0.2) is 18.2 Å². The van der Waals surface area contributed by atoms with Crippen molar-refractivity contribution < 1.29 is 19.8 Å². The van der Waals surface area contributed by atoms with Gasteiger partial charge in [0.05, 0.1) is 11.5 Å². The quantitative estimate of drug-likeness (QED) is 0.887. The second kappa shape index (κ2) is 5.09. The highest BCUT2D eigenvalue weighted by molar-refractivity contribution is 6.30. The Morgan fingerprint density at radius 3 is 2.58 bits per heavy atom. The SMILES string of the molecule is CC(C(=O)O)C1CN(C(=O)c2ccc(Cl)cc2O)C1. The van der Waals surface area contributed by atoms with Crippen LogP contribution in [-0.4, -0.2) is 40.1 Å². The van der Waals surface area contributed by atoms with E-state index in [0.29, 0.717) is 18.1 Å². The van der Waals surface area contributed by atoms with E-state index in [1.165, 1.54) is 23.1 Å². The minimum Gasteiger partial charge on any atom is -0.507 e. The smallest absolute Gasteiger partial charge is 0.306 e. The number of aromatic hydroxyl groups is 1. The highest BCUT2D eigenvalue weighted by Crippen LogP contribution is 2.29. The lowest BCUT2D eigenvalue weighted by Gasteiger charge is -2.41. The first kappa shape index (κ1) is 13.7. The molecule has 1 atom stereocenters. The summed E-state index contributed by atoms with van der Waals surface area (Å²) in [6.07, 6.45) is 0. The zero-order chi connectivity index (χ0) is 14.2. The van der Waals surface area contributed by atoms with Crippen molar-refractivity contribution in [3.8, 4) is 5.75 Å². The third kappa shape index (κ3) is 2.66. The summed E-state index contributed by atoms with van der Waals surface area (Å²) >= 11 is 5.70. The summed E-state index contributed by atoms with van der Waals surface area (Å²) in [5.41, 5.74) is 0.186. The van der Waals surface area contributed by atoms with Gasteiger partial charge in [0, 0.05) is 24.0 Å². The summed E-state index contributed by atoms with van der Waals surface area (Å²) < 4.78 is 0. The molecule has 0 saturated carbocycles. The summed E-state index contributed by atoms with van der Waals surface area (Å²) in [6, 6.07) is 4.31. The van der Waals surface area contributed by atoms with Crippen molar-refractivity contribution in [2.45, 2.75) is 6.92 Å². The molecule has 19 heavy (non-hydrogen) atoms. The molecule has 1 aliphatic heterocycles. The minimum absolute atomic E-state index is 0.0316. The van der Waals surface area contributed by atoms with Crippen LogP contribution >= 0.6 is 11.6 Å². The fraction of sp³-hybridized carbons (Fsp3) is 0.385. The second-order valence-corrected chi connectivity index (χ2v) is 5.20. The van der Waals surface area contributed by atoms with Gasteiger partial charge in [-0.2, -0.15) is 0 Å². The summed E-state index contributed by atoms with van der Waals surface area (Å²) in [5, 5.41) is 18.9. The van der Waals surface area contributed by atoms with E-state index in [9.17, 15) is 14.7 Å². The average molecular weight is 284 g/mol.